The van der Waals surface area contributed by atoms with Crippen molar-refractivity contribution in [3.8, 4) is 0 Å². The summed E-state index contributed by atoms with van der Waals surface area (Å²) in [5, 5.41) is 3.22. The molecule has 132 valence electrons. The molecule has 6 heteroatoms. The maximum atomic E-state index is 13.1. The van der Waals surface area contributed by atoms with Crippen molar-refractivity contribution in [2.75, 3.05) is 5.32 Å². The van der Waals surface area contributed by atoms with E-state index in [1.165, 1.54) is 24.3 Å². The number of halogens is 2. The number of ketones is 1. The van der Waals surface area contributed by atoms with E-state index in [9.17, 15) is 9.18 Å². The summed E-state index contributed by atoms with van der Waals surface area (Å²) >= 11 is 5.82. The highest BCUT2D eigenvalue weighted by molar-refractivity contribution is 6.16. The summed E-state index contributed by atoms with van der Waals surface area (Å²) in [6.45, 7) is 0.613. The van der Waals surface area contributed by atoms with Crippen LogP contribution >= 0.6 is 11.8 Å². The molecular weight excluding hydrogens is 353 g/mol. The van der Waals surface area contributed by atoms with E-state index in [-0.39, 0.29) is 5.78 Å². The maximum absolute atomic E-state index is 13.1. The summed E-state index contributed by atoms with van der Waals surface area (Å²) in [6.07, 6.45) is 1.61. The molecule has 1 unspecified atom stereocenters. The lowest BCUT2D eigenvalue weighted by Gasteiger charge is -2.15. The van der Waals surface area contributed by atoms with Gasteiger partial charge >= 0.3 is 0 Å². The van der Waals surface area contributed by atoms with Crippen LogP contribution in [0.5, 0.6) is 0 Å². The molecule has 3 aromatic rings. The molecule has 1 aromatic heterocycles. The topological polar surface area (TPSA) is 54.0 Å². The normalized spacial score (nSPS) is 11.8. The van der Waals surface area contributed by atoms with Gasteiger partial charge in [-0.3, -0.25) is 4.79 Å². The number of Topliss-reactive ketones (excluding diaryl/α,β-unsaturated/α-hetero) is 1. The van der Waals surface area contributed by atoms with E-state index in [2.05, 4.69) is 15.1 Å². The van der Waals surface area contributed by atoms with Crippen LogP contribution in [0, 0.1) is 5.82 Å². The second-order valence-corrected chi connectivity index (χ2v) is 5.95. The quantitative estimate of drug-likeness (QED) is 0.475. The molecule has 4 nitrogen and oxygen atoms in total. The minimum atomic E-state index is -0.762. The van der Waals surface area contributed by atoms with Crippen LogP contribution in [0.15, 0.2) is 72.9 Å². The van der Waals surface area contributed by atoms with Crippen molar-refractivity contribution in [3.63, 3.8) is 0 Å². The highest BCUT2D eigenvalue weighted by atomic mass is 35.5. The van der Waals surface area contributed by atoms with Crippen molar-refractivity contribution in [1.82, 2.24) is 9.82 Å². The lowest BCUT2D eigenvalue weighted by molar-refractivity contribution is 0.0954. The molecule has 0 amide bonds. The zero-order chi connectivity index (χ0) is 18.4. The van der Waals surface area contributed by atoms with E-state index in [1.54, 1.807) is 18.3 Å². The van der Waals surface area contributed by atoms with Crippen LogP contribution in [0.1, 0.15) is 27.5 Å². The van der Waals surface area contributed by atoms with Gasteiger partial charge in [-0.25, -0.2) is 14.2 Å². The second kappa shape index (κ2) is 8.56. The van der Waals surface area contributed by atoms with Gasteiger partial charge in [0.25, 0.3) is 0 Å². The Morgan fingerprint density at radius 1 is 1.08 bits per heavy atom. The Hall–Kier alpha value is -2.76. The first-order valence-corrected chi connectivity index (χ1v) is 8.45. The largest absolute Gasteiger partial charge is 0.366 e. The standard InChI is InChI=1S/C20H17ClFN3O/c21-25-19(20(26)15-6-8-17(22)9-7-15)16-10-11-23-18(12-16)24-13-14-4-2-1-3-5-14/h1-12,19,25H,13H2,(H,23,24). The number of pyridine rings is 1. The highest BCUT2D eigenvalue weighted by Crippen LogP contribution is 2.21. The summed E-state index contributed by atoms with van der Waals surface area (Å²) in [4.78, 5) is 19.4. The molecule has 3 rings (SSSR count). The number of benzene rings is 2. The Balaban J connectivity index is 1.76. The van der Waals surface area contributed by atoms with Gasteiger partial charge in [0.2, 0.25) is 0 Å². The van der Waals surface area contributed by atoms with Crippen molar-refractivity contribution in [1.29, 1.82) is 0 Å². The lowest BCUT2D eigenvalue weighted by Crippen LogP contribution is -2.22. The minimum absolute atomic E-state index is 0.250. The van der Waals surface area contributed by atoms with Gasteiger partial charge in [-0.2, -0.15) is 0 Å². The van der Waals surface area contributed by atoms with Crippen molar-refractivity contribution < 1.29 is 9.18 Å². The molecule has 0 radical (unpaired) electrons. The second-order valence-electron chi connectivity index (χ2n) is 5.73. The smallest absolute Gasteiger partial charge is 0.185 e. The van der Waals surface area contributed by atoms with Crippen molar-refractivity contribution in [2.45, 2.75) is 12.6 Å². The molecule has 0 saturated carbocycles. The molecule has 0 bridgehead atoms. The molecule has 2 aromatic carbocycles. The average Bonchev–Trinajstić information content (AvgIpc) is 2.68. The third-order valence-electron chi connectivity index (χ3n) is 3.93. The van der Waals surface area contributed by atoms with E-state index in [0.29, 0.717) is 23.5 Å². The fourth-order valence-electron chi connectivity index (χ4n) is 2.56. The first-order valence-electron chi connectivity index (χ1n) is 8.07. The summed E-state index contributed by atoms with van der Waals surface area (Å²) in [7, 11) is 0. The summed E-state index contributed by atoms with van der Waals surface area (Å²) in [5.74, 6) is -0.0105. The van der Waals surface area contributed by atoms with Crippen LogP contribution in [-0.4, -0.2) is 10.8 Å². The first kappa shape index (κ1) is 18.0. The molecule has 2 N–H and O–H groups in total. The molecular formula is C20H17ClFN3O. The number of nitrogens with one attached hydrogen (secondary N) is 2. The van der Waals surface area contributed by atoms with Gasteiger partial charge < -0.3 is 5.32 Å². The van der Waals surface area contributed by atoms with Gasteiger partial charge in [0.15, 0.2) is 5.78 Å². The summed E-state index contributed by atoms with van der Waals surface area (Å²) in [6, 6.07) is 18.0. The molecule has 0 saturated heterocycles. The van der Waals surface area contributed by atoms with Gasteiger partial charge in [0.1, 0.15) is 17.7 Å². The minimum Gasteiger partial charge on any atom is -0.366 e. The van der Waals surface area contributed by atoms with Crippen LogP contribution in [0.25, 0.3) is 0 Å². The van der Waals surface area contributed by atoms with Crippen LogP contribution < -0.4 is 10.2 Å². The molecule has 0 aliphatic rings. The Kier molecular flexibility index (Phi) is 5.94. The van der Waals surface area contributed by atoms with Crippen LogP contribution in [-0.2, 0) is 6.54 Å². The van der Waals surface area contributed by atoms with Crippen molar-refractivity contribution >= 4 is 23.4 Å². The van der Waals surface area contributed by atoms with Gasteiger partial charge in [-0.05, 0) is 59.3 Å². The van der Waals surface area contributed by atoms with E-state index in [0.717, 1.165) is 5.56 Å². The zero-order valence-corrected chi connectivity index (χ0v) is 14.6. The molecule has 0 aliphatic heterocycles. The highest BCUT2D eigenvalue weighted by Gasteiger charge is 2.21. The fraction of sp³-hybridized carbons (Fsp3) is 0.100. The van der Waals surface area contributed by atoms with Gasteiger partial charge in [-0.1, -0.05) is 30.3 Å². The number of rotatable bonds is 7. The Morgan fingerprint density at radius 2 is 1.81 bits per heavy atom. The predicted octanol–water partition coefficient (Wildman–Crippen LogP) is 4.50. The number of carbonyl (C=O) groups is 1. The van der Waals surface area contributed by atoms with Gasteiger partial charge in [0, 0.05) is 18.3 Å². The SMILES string of the molecule is O=C(c1ccc(F)cc1)C(NCl)c1ccnc(NCc2ccccc2)c1. The van der Waals surface area contributed by atoms with Gasteiger partial charge in [0.05, 0.1) is 0 Å². The maximum Gasteiger partial charge on any atom is 0.185 e. The predicted molar refractivity (Wildman–Crippen MR) is 100 cm³/mol. The lowest BCUT2D eigenvalue weighted by atomic mass is 9.99. The number of hydrogen-bond donors (Lipinski definition) is 2. The molecule has 1 atom stereocenters. The fourth-order valence-corrected chi connectivity index (χ4v) is 2.78. The summed E-state index contributed by atoms with van der Waals surface area (Å²) < 4.78 is 13.1. The van der Waals surface area contributed by atoms with Crippen LogP contribution in [0.3, 0.4) is 0 Å². The third-order valence-corrected chi connectivity index (χ3v) is 4.15. The third kappa shape index (κ3) is 4.45. The van der Waals surface area contributed by atoms with Crippen molar-refractivity contribution in [2.24, 2.45) is 0 Å². The number of nitrogens with zero attached hydrogens (tertiary/aromatic N) is 1. The number of carbonyl (C=O) groups excluding carboxylic acids is 1. The average molecular weight is 370 g/mol. The Labute approximate surface area is 156 Å². The first-order chi connectivity index (χ1) is 12.7. The van der Waals surface area contributed by atoms with E-state index in [4.69, 9.17) is 11.8 Å². The summed E-state index contributed by atoms with van der Waals surface area (Å²) in [5.41, 5.74) is 2.16. The Bertz CT molecular complexity index is 872. The Morgan fingerprint density at radius 3 is 2.50 bits per heavy atom. The van der Waals surface area contributed by atoms with Crippen LogP contribution in [0.2, 0.25) is 0 Å². The molecule has 1 heterocycles. The molecule has 26 heavy (non-hydrogen) atoms. The number of anilines is 1. The van der Waals surface area contributed by atoms with E-state index >= 15 is 0 Å². The van der Waals surface area contributed by atoms with E-state index < -0.39 is 11.9 Å². The van der Waals surface area contributed by atoms with Gasteiger partial charge in [-0.15, -0.1) is 0 Å². The molecule has 0 aliphatic carbocycles. The van der Waals surface area contributed by atoms with Crippen LogP contribution in [0.4, 0.5) is 10.2 Å². The number of hydrogen-bond acceptors (Lipinski definition) is 4. The monoisotopic (exact) mass is 369 g/mol. The zero-order valence-electron chi connectivity index (χ0n) is 13.8. The molecule has 0 fully saturated rings. The van der Waals surface area contributed by atoms with Crippen molar-refractivity contribution in [3.05, 3.63) is 95.4 Å². The van der Waals surface area contributed by atoms with E-state index in [1.807, 2.05) is 30.3 Å². The number of aromatic nitrogens is 1. The molecule has 0 spiro atoms.